The van der Waals surface area contributed by atoms with Crippen molar-refractivity contribution in [3.63, 3.8) is 0 Å². The van der Waals surface area contributed by atoms with Crippen molar-refractivity contribution >= 4 is 44.9 Å². The summed E-state index contributed by atoms with van der Waals surface area (Å²) in [5, 5.41) is 7.99. The number of nitrogens with zero attached hydrogens (tertiary/aromatic N) is 1. The van der Waals surface area contributed by atoms with E-state index in [1.165, 1.54) is 24.5 Å². The van der Waals surface area contributed by atoms with Crippen LogP contribution in [0, 0.1) is 13.8 Å². The normalized spacial score (nSPS) is 10.8. The summed E-state index contributed by atoms with van der Waals surface area (Å²) in [5.41, 5.74) is 2.68. The van der Waals surface area contributed by atoms with Crippen LogP contribution in [0.25, 0.3) is 11.0 Å². The number of para-hydroxylation sites is 1. The summed E-state index contributed by atoms with van der Waals surface area (Å²) in [6.07, 6.45) is 0.0532. The molecular formula is C24H21N3O5S. The Bertz CT molecular complexity index is 1420. The topological polar surface area (TPSA) is 111 Å². The van der Waals surface area contributed by atoms with Gasteiger partial charge in [0.25, 0.3) is 5.91 Å². The molecule has 2 aromatic heterocycles. The van der Waals surface area contributed by atoms with Gasteiger partial charge in [0.1, 0.15) is 5.56 Å². The van der Waals surface area contributed by atoms with Crippen LogP contribution in [-0.2, 0) is 11.2 Å². The largest absolute Gasteiger partial charge is 0.493 e. The monoisotopic (exact) mass is 463 g/mol. The fourth-order valence-electron chi connectivity index (χ4n) is 3.36. The highest BCUT2D eigenvalue weighted by Crippen LogP contribution is 2.25. The number of thiazole rings is 1. The summed E-state index contributed by atoms with van der Waals surface area (Å²) in [4.78, 5) is 41.7. The first-order chi connectivity index (χ1) is 15.8. The molecule has 2 heterocycles. The second-order valence-electron chi connectivity index (χ2n) is 7.47. The number of benzene rings is 2. The van der Waals surface area contributed by atoms with Crippen LogP contribution in [0.15, 0.2) is 57.1 Å². The Morgan fingerprint density at radius 3 is 2.70 bits per heavy atom. The molecule has 2 aromatic carbocycles. The van der Waals surface area contributed by atoms with Crippen molar-refractivity contribution < 1.29 is 18.7 Å². The number of carbonyl (C=O) groups excluding carboxylic acids is 2. The van der Waals surface area contributed by atoms with E-state index in [9.17, 15) is 14.4 Å². The van der Waals surface area contributed by atoms with Crippen molar-refractivity contribution in [2.45, 2.75) is 20.3 Å². The van der Waals surface area contributed by atoms with Crippen molar-refractivity contribution in [1.29, 1.82) is 0 Å². The maximum Gasteiger partial charge on any atom is 0.349 e. The average Bonchev–Trinajstić information content (AvgIpc) is 3.21. The number of aryl methyl sites for hydroxylation is 2. The lowest BCUT2D eigenvalue weighted by Crippen LogP contribution is -2.20. The van der Waals surface area contributed by atoms with Gasteiger partial charge in [0.2, 0.25) is 5.91 Å². The number of nitrogens with one attached hydrogen (secondary N) is 2. The van der Waals surface area contributed by atoms with E-state index in [2.05, 4.69) is 15.6 Å². The molecule has 0 aliphatic heterocycles. The van der Waals surface area contributed by atoms with Gasteiger partial charge in [-0.25, -0.2) is 9.78 Å². The van der Waals surface area contributed by atoms with E-state index in [1.54, 1.807) is 23.6 Å². The molecule has 2 N–H and O–H groups in total. The fraction of sp³-hybridized carbons (Fsp3) is 0.167. The summed E-state index contributed by atoms with van der Waals surface area (Å²) < 4.78 is 10.5. The predicted octanol–water partition coefficient (Wildman–Crippen LogP) is 4.31. The summed E-state index contributed by atoms with van der Waals surface area (Å²) in [6.45, 7) is 3.92. The van der Waals surface area contributed by atoms with Crippen LogP contribution in [0.3, 0.4) is 0 Å². The molecule has 168 valence electrons. The highest BCUT2D eigenvalue weighted by atomic mass is 32.1. The fourth-order valence-corrected chi connectivity index (χ4v) is 4.06. The standard InChI is InChI=1S/C24H21N3O5S/c1-13-7-8-18(14(2)9-13)26-20(28)11-16-12-33-24(25-16)27-22(29)17-10-15-5-4-6-19(31-3)21(15)32-23(17)30/h4-10,12H,11H2,1-3H3,(H,26,28)(H,25,27,29). The number of amides is 2. The molecule has 0 spiro atoms. The van der Waals surface area contributed by atoms with Crippen LogP contribution in [-0.4, -0.2) is 23.9 Å². The minimum absolute atomic E-state index is 0.0532. The molecule has 0 unspecified atom stereocenters. The van der Waals surface area contributed by atoms with Gasteiger partial charge < -0.3 is 14.5 Å². The molecule has 4 rings (SSSR count). The smallest absolute Gasteiger partial charge is 0.349 e. The molecule has 8 nitrogen and oxygen atoms in total. The van der Waals surface area contributed by atoms with Crippen LogP contribution < -0.4 is 21.0 Å². The quantitative estimate of drug-likeness (QED) is 0.412. The summed E-state index contributed by atoms with van der Waals surface area (Å²) in [7, 11) is 1.47. The zero-order valence-electron chi connectivity index (χ0n) is 18.2. The number of hydrogen-bond donors (Lipinski definition) is 2. The number of carbonyl (C=O) groups is 2. The maximum absolute atomic E-state index is 12.7. The van der Waals surface area contributed by atoms with Crippen LogP contribution in [0.4, 0.5) is 10.8 Å². The molecule has 0 aliphatic rings. The molecular weight excluding hydrogens is 442 g/mol. The minimum Gasteiger partial charge on any atom is -0.493 e. The van der Waals surface area contributed by atoms with E-state index in [1.807, 2.05) is 32.0 Å². The molecule has 0 bridgehead atoms. The zero-order valence-corrected chi connectivity index (χ0v) is 19.0. The Morgan fingerprint density at radius 2 is 1.94 bits per heavy atom. The lowest BCUT2D eigenvalue weighted by atomic mass is 10.1. The summed E-state index contributed by atoms with van der Waals surface area (Å²) in [6, 6.07) is 12.3. The first-order valence-electron chi connectivity index (χ1n) is 10.1. The number of fused-ring (bicyclic) bond motifs is 1. The van der Waals surface area contributed by atoms with Gasteiger partial charge in [-0.3, -0.25) is 14.9 Å². The number of rotatable bonds is 6. The third-order valence-corrected chi connectivity index (χ3v) is 5.76. The average molecular weight is 464 g/mol. The lowest BCUT2D eigenvalue weighted by Gasteiger charge is -2.08. The minimum atomic E-state index is -0.783. The third-order valence-electron chi connectivity index (χ3n) is 4.96. The number of aromatic nitrogens is 1. The van der Waals surface area contributed by atoms with E-state index < -0.39 is 11.5 Å². The first-order valence-corrected chi connectivity index (χ1v) is 11.0. The second-order valence-corrected chi connectivity index (χ2v) is 8.33. The zero-order chi connectivity index (χ0) is 23.5. The number of anilines is 2. The van der Waals surface area contributed by atoms with Crippen molar-refractivity contribution in [3.05, 3.63) is 80.6 Å². The van der Waals surface area contributed by atoms with Gasteiger partial charge >= 0.3 is 5.63 Å². The van der Waals surface area contributed by atoms with E-state index in [0.29, 0.717) is 16.8 Å². The van der Waals surface area contributed by atoms with Crippen LogP contribution in [0.5, 0.6) is 5.75 Å². The third kappa shape index (κ3) is 4.93. The predicted molar refractivity (Wildman–Crippen MR) is 127 cm³/mol. The second kappa shape index (κ2) is 9.25. The van der Waals surface area contributed by atoms with Gasteiger partial charge in [-0.1, -0.05) is 29.8 Å². The number of hydrogen-bond acceptors (Lipinski definition) is 7. The summed E-state index contributed by atoms with van der Waals surface area (Å²) in [5.74, 6) is -0.455. The highest BCUT2D eigenvalue weighted by molar-refractivity contribution is 7.14. The molecule has 0 fully saturated rings. The molecule has 9 heteroatoms. The SMILES string of the molecule is COc1cccc2cc(C(=O)Nc3nc(CC(=O)Nc4ccc(C)cc4C)cs3)c(=O)oc12. The Labute approximate surface area is 193 Å². The molecule has 0 atom stereocenters. The van der Waals surface area contributed by atoms with Gasteiger partial charge in [0.05, 0.1) is 19.2 Å². The van der Waals surface area contributed by atoms with E-state index in [0.717, 1.165) is 16.8 Å². The van der Waals surface area contributed by atoms with Crippen molar-refractivity contribution in [2.24, 2.45) is 0 Å². The highest BCUT2D eigenvalue weighted by Gasteiger charge is 2.17. The molecule has 0 saturated carbocycles. The van der Waals surface area contributed by atoms with Gasteiger partial charge in [0, 0.05) is 16.5 Å². The van der Waals surface area contributed by atoms with Crippen molar-refractivity contribution in [2.75, 3.05) is 17.7 Å². The molecule has 2 amide bonds. The van der Waals surface area contributed by atoms with Gasteiger partial charge in [-0.2, -0.15) is 0 Å². The summed E-state index contributed by atoms with van der Waals surface area (Å²) >= 11 is 1.17. The van der Waals surface area contributed by atoms with Gasteiger partial charge in [-0.05, 0) is 37.6 Å². The Hall–Kier alpha value is -3.98. The number of ether oxygens (including phenoxy) is 1. The first kappa shape index (κ1) is 22.2. The lowest BCUT2D eigenvalue weighted by molar-refractivity contribution is -0.115. The van der Waals surface area contributed by atoms with Crippen molar-refractivity contribution in [1.82, 2.24) is 4.98 Å². The Kier molecular flexibility index (Phi) is 6.23. The Balaban J connectivity index is 1.45. The van der Waals surface area contributed by atoms with Crippen LogP contribution in [0.2, 0.25) is 0 Å². The Morgan fingerprint density at radius 1 is 1.12 bits per heavy atom. The van der Waals surface area contributed by atoms with E-state index >= 15 is 0 Å². The van der Waals surface area contributed by atoms with Gasteiger partial charge in [-0.15, -0.1) is 11.3 Å². The van der Waals surface area contributed by atoms with E-state index in [-0.39, 0.29) is 28.6 Å². The molecule has 0 aliphatic carbocycles. The van der Waals surface area contributed by atoms with E-state index in [4.69, 9.17) is 9.15 Å². The van der Waals surface area contributed by atoms with Crippen LogP contribution in [0.1, 0.15) is 27.2 Å². The van der Waals surface area contributed by atoms with Crippen LogP contribution >= 0.6 is 11.3 Å². The molecule has 33 heavy (non-hydrogen) atoms. The molecule has 0 saturated heterocycles. The van der Waals surface area contributed by atoms with Crippen molar-refractivity contribution in [3.8, 4) is 5.75 Å². The van der Waals surface area contributed by atoms with Gasteiger partial charge in [0.15, 0.2) is 16.5 Å². The number of methoxy groups -OCH3 is 1. The maximum atomic E-state index is 12.7. The molecule has 0 radical (unpaired) electrons. The molecule has 4 aromatic rings.